The van der Waals surface area contributed by atoms with E-state index in [2.05, 4.69) is 10.3 Å². The molecule has 0 spiro atoms. The fourth-order valence-corrected chi connectivity index (χ4v) is 4.62. The van der Waals surface area contributed by atoms with Crippen molar-refractivity contribution in [3.05, 3.63) is 54.1 Å². The molecule has 0 radical (unpaired) electrons. The second-order valence-electron chi connectivity index (χ2n) is 4.94. The molecule has 0 saturated heterocycles. The molecule has 1 unspecified atom stereocenters. The van der Waals surface area contributed by atoms with Crippen LogP contribution in [0.5, 0.6) is 11.5 Å². The van der Waals surface area contributed by atoms with Gasteiger partial charge < -0.3 is 15.5 Å². The number of phenols is 2. The number of fused-ring (bicyclic) bond motifs is 1. The highest BCUT2D eigenvalue weighted by atomic mass is 32.2. The minimum Gasteiger partial charge on any atom is -0.508 e. The van der Waals surface area contributed by atoms with E-state index in [1.54, 1.807) is 47.4 Å². The molecule has 1 atom stereocenters. The van der Waals surface area contributed by atoms with Gasteiger partial charge in [0.15, 0.2) is 0 Å². The van der Waals surface area contributed by atoms with Crippen LogP contribution in [0.4, 0.5) is 5.00 Å². The Morgan fingerprint density at radius 2 is 1.77 bits per heavy atom. The van der Waals surface area contributed by atoms with E-state index in [1.165, 1.54) is 0 Å². The van der Waals surface area contributed by atoms with Crippen LogP contribution in [-0.2, 0) is 0 Å². The molecule has 0 bridgehead atoms. The predicted molar refractivity (Wildman–Crippen MR) is 89.5 cm³/mol. The fraction of sp³-hybridized carbons (Fsp3) is 0.0625. The summed E-state index contributed by atoms with van der Waals surface area (Å²) in [4.78, 5) is 4.65. The van der Waals surface area contributed by atoms with Crippen molar-refractivity contribution in [2.45, 2.75) is 10.4 Å². The molecule has 0 amide bonds. The van der Waals surface area contributed by atoms with E-state index < -0.39 is 0 Å². The zero-order valence-electron chi connectivity index (χ0n) is 11.4. The van der Waals surface area contributed by atoms with Crippen LogP contribution in [0.2, 0.25) is 0 Å². The van der Waals surface area contributed by atoms with Gasteiger partial charge in [-0.1, -0.05) is 47.4 Å². The lowest BCUT2D eigenvalue weighted by Crippen LogP contribution is -2.00. The summed E-state index contributed by atoms with van der Waals surface area (Å²) in [7, 11) is 0. The highest BCUT2D eigenvalue weighted by Crippen LogP contribution is 2.50. The van der Waals surface area contributed by atoms with Gasteiger partial charge in [0.2, 0.25) is 0 Å². The van der Waals surface area contributed by atoms with Crippen LogP contribution < -0.4 is 5.32 Å². The van der Waals surface area contributed by atoms with Gasteiger partial charge in [-0.3, -0.25) is 0 Å². The fourth-order valence-electron chi connectivity index (χ4n) is 2.34. The van der Waals surface area contributed by atoms with Crippen molar-refractivity contribution < 1.29 is 10.2 Å². The number of aromatic hydroxyl groups is 2. The van der Waals surface area contributed by atoms with Gasteiger partial charge in [0.1, 0.15) is 31.9 Å². The van der Waals surface area contributed by atoms with E-state index in [0.717, 1.165) is 26.2 Å². The van der Waals surface area contributed by atoms with E-state index in [9.17, 15) is 10.2 Å². The summed E-state index contributed by atoms with van der Waals surface area (Å²) in [5.74, 6) is 0.509. The van der Waals surface area contributed by atoms with Crippen LogP contribution in [0.15, 0.2) is 53.6 Å². The zero-order chi connectivity index (χ0) is 15.1. The molecule has 6 heteroatoms. The maximum absolute atomic E-state index is 9.59. The van der Waals surface area contributed by atoms with Gasteiger partial charge in [-0.2, -0.15) is 0 Å². The molecule has 0 fully saturated rings. The first-order chi connectivity index (χ1) is 10.7. The number of anilines is 1. The molecule has 22 heavy (non-hydrogen) atoms. The Balaban J connectivity index is 1.60. The lowest BCUT2D eigenvalue weighted by Gasteiger charge is -2.10. The molecule has 1 aliphatic rings. The summed E-state index contributed by atoms with van der Waals surface area (Å²) >= 11 is 3.20. The van der Waals surface area contributed by atoms with Crippen LogP contribution in [0, 0.1) is 0 Å². The Hall–Kier alpha value is -2.18. The number of thiazole rings is 1. The smallest absolute Gasteiger partial charge is 0.134 e. The summed E-state index contributed by atoms with van der Waals surface area (Å²) in [6.45, 7) is 0. The third-order valence-electron chi connectivity index (χ3n) is 3.35. The molecular formula is C16H12N2O2S2. The minimum atomic E-state index is 0.0686. The molecule has 2 aromatic carbocycles. The lowest BCUT2D eigenvalue weighted by molar-refractivity contribution is 0.474. The second-order valence-corrected chi connectivity index (χ2v) is 7.03. The number of nitrogens with zero attached hydrogens (tertiary/aromatic N) is 1. The standard InChI is InChI=1S/C16H12N2O2S2/c19-11-5-1-3-9(7-11)13-17-15-16(21-13)18-14(22-15)10-4-2-6-12(20)8-10/h1-8,13,17,19-20H. The highest BCUT2D eigenvalue weighted by Gasteiger charge is 2.27. The second kappa shape index (κ2) is 5.23. The van der Waals surface area contributed by atoms with Gasteiger partial charge >= 0.3 is 0 Å². The quantitative estimate of drug-likeness (QED) is 0.649. The molecule has 4 nitrogen and oxygen atoms in total. The number of hydrogen-bond acceptors (Lipinski definition) is 6. The molecule has 110 valence electrons. The van der Waals surface area contributed by atoms with E-state index in [-0.39, 0.29) is 16.9 Å². The average molecular weight is 328 g/mol. The molecule has 3 aromatic rings. The highest BCUT2D eigenvalue weighted by molar-refractivity contribution is 8.00. The monoisotopic (exact) mass is 328 g/mol. The molecule has 1 aromatic heterocycles. The Bertz CT molecular complexity index is 824. The maximum atomic E-state index is 9.59. The summed E-state index contributed by atoms with van der Waals surface area (Å²) in [5.41, 5.74) is 1.94. The van der Waals surface area contributed by atoms with Crippen molar-refractivity contribution in [3.8, 4) is 22.1 Å². The number of benzene rings is 2. The number of rotatable bonds is 2. The summed E-state index contributed by atoms with van der Waals surface area (Å²) in [6, 6.07) is 14.4. The van der Waals surface area contributed by atoms with Gasteiger partial charge in [-0.05, 0) is 29.8 Å². The van der Waals surface area contributed by atoms with Crippen LogP contribution in [0.3, 0.4) is 0 Å². The molecule has 0 aliphatic carbocycles. The topological polar surface area (TPSA) is 65.4 Å². The van der Waals surface area contributed by atoms with E-state index in [4.69, 9.17) is 0 Å². The van der Waals surface area contributed by atoms with E-state index in [1.807, 2.05) is 24.3 Å². The number of hydrogen-bond donors (Lipinski definition) is 3. The van der Waals surface area contributed by atoms with Gasteiger partial charge in [0, 0.05) is 5.56 Å². The molecule has 4 rings (SSSR count). The molecule has 3 N–H and O–H groups in total. The number of nitrogens with one attached hydrogen (secondary N) is 1. The SMILES string of the molecule is Oc1cccc(-c2nc3c(s2)NC(c2cccc(O)c2)S3)c1. The summed E-state index contributed by atoms with van der Waals surface area (Å²) in [6.07, 6.45) is 0. The third kappa shape index (κ3) is 2.40. The van der Waals surface area contributed by atoms with E-state index >= 15 is 0 Å². The van der Waals surface area contributed by atoms with Crippen molar-refractivity contribution >= 4 is 28.1 Å². The lowest BCUT2D eigenvalue weighted by atomic mass is 10.2. The zero-order valence-corrected chi connectivity index (χ0v) is 13.0. The van der Waals surface area contributed by atoms with Crippen molar-refractivity contribution in [2.75, 3.05) is 5.32 Å². The Morgan fingerprint density at radius 1 is 1.00 bits per heavy atom. The maximum Gasteiger partial charge on any atom is 0.134 e. The Labute approximate surface area is 135 Å². The van der Waals surface area contributed by atoms with Crippen LogP contribution in [0.1, 0.15) is 10.9 Å². The van der Waals surface area contributed by atoms with Crippen LogP contribution >= 0.6 is 23.1 Å². The normalized spacial score (nSPS) is 16.3. The molecular weight excluding hydrogens is 316 g/mol. The van der Waals surface area contributed by atoms with Gasteiger partial charge in [0.05, 0.1) is 0 Å². The molecule has 1 aliphatic heterocycles. The minimum absolute atomic E-state index is 0.0686. The predicted octanol–water partition coefficient (Wildman–Crippen LogP) is 4.44. The Kier molecular flexibility index (Phi) is 3.20. The van der Waals surface area contributed by atoms with E-state index in [0.29, 0.717) is 0 Å². The number of aromatic nitrogens is 1. The number of thioether (sulfide) groups is 1. The Morgan fingerprint density at radius 3 is 2.50 bits per heavy atom. The van der Waals surface area contributed by atoms with Gasteiger partial charge in [-0.25, -0.2) is 4.98 Å². The number of phenolic OH excluding ortho intramolecular Hbond substituents is 2. The first kappa shape index (κ1) is 13.5. The summed E-state index contributed by atoms with van der Waals surface area (Å²) < 4.78 is 0. The van der Waals surface area contributed by atoms with Crippen molar-refractivity contribution in [1.29, 1.82) is 0 Å². The van der Waals surface area contributed by atoms with Crippen LogP contribution in [0.25, 0.3) is 10.6 Å². The van der Waals surface area contributed by atoms with Crippen molar-refractivity contribution in [1.82, 2.24) is 4.98 Å². The average Bonchev–Trinajstić information content (AvgIpc) is 3.05. The third-order valence-corrected chi connectivity index (χ3v) is 5.66. The summed E-state index contributed by atoms with van der Waals surface area (Å²) in [5, 5.41) is 25.5. The first-order valence-corrected chi connectivity index (χ1v) is 8.41. The largest absolute Gasteiger partial charge is 0.508 e. The van der Waals surface area contributed by atoms with Gasteiger partial charge in [0.25, 0.3) is 0 Å². The van der Waals surface area contributed by atoms with Gasteiger partial charge in [-0.15, -0.1) is 0 Å². The molecule has 2 heterocycles. The van der Waals surface area contributed by atoms with Crippen molar-refractivity contribution in [2.24, 2.45) is 0 Å². The van der Waals surface area contributed by atoms with Crippen LogP contribution in [-0.4, -0.2) is 15.2 Å². The van der Waals surface area contributed by atoms with Crippen molar-refractivity contribution in [3.63, 3.8) is 0 Å². The first-order valence-electron chi connectivity index (χ1n) is 6.71. The molecule has 0 saturated carbocycles.